The molecular weight excluding hydrogens is 150 g/mol. The minimum Gasteiger partial charge on any atom is -0.265 e. The van der Waals surface area contributed by atoms with Crippen molar-refractivity contribution in [1.82, 2.24) is 9.78 Å². The van der Waals surface area contributed by atoms with Gasteiger partial charge in [-0.05, 0) is 13.8 Å². The van der Waals surface area contributed by atoms with Crippen molar-refractivity contribution in [3.8, 4) is 6.07 Å². The van der Waals surface area contributed by atoms with Gasteiger partial charge in [0.1, 0.15) is 6.07 Å². The second kappa shape index (κ2) is 3.72. The Morgan fingerprint density at radius 2 is 2.50 bits per heavy atom. The molecule has 1 atom stereocenters. The Morgan fingerprint density at radius 3 is 3.00 bits per heavy atom. The molecule has 3 nitrogen and oxygen atoms in total. The highest BCUT2D eigenvalue weighted by Gasteiger charge is 2.01. The lowest BCUT2D eigenvalue weighted by Gasteiger charge is -2.04. The molecule has 0 bridgehead atoms. The van der Waals surface area contributed by atoms with Gasteiger partial charge in [0.25, 0.3) is 0 Å². The third-order valence-corrected chi connectivity index (χ3v) is 1.62. The van der Waals surface area contributed by atoms with Crippen LogP contribution in [0.5, 0.6) is 0 Å². The maximum Gasteiger partial charge on any atom is 0.102 e. The Labute approximate surface area is 71.9 Å². The van der Waals surface area contributed by atoms with Gasteiger partial charge in [0.05, 0.1) is 17.8 Å². The zero-order valence-electron chi connectivity index (χ0n) is 7.23. The Hall–Kier alpha value is -1.56. The van der Waals surface area contributed by atoms with Crippen LogP contribution < -0.4 is 0 Å². The van der Waals surface area contributed by atoms with Gasteiger partial charge in [-0.2, -0.15) is 10.4 Å². The summed E-state index contributed by atoms with van der Waals surface area (Å²) >= 11 is 0. The lowest BCUT2D eigenvalue weighted by Crippen LogP contribution is -2.01. The second-order valence-electron chi connectivity index (χ2n) is 2.59. The van der Waals surface area contributed by atoms with E-state index in [4.69, 9.17) is 5.26 Å². The average molecular weight is 161 g/mol. The van der Waals surface area contributed by atoms with Gasteiger partial charge in [0.15, 0.2) is 0 Å². The first-order valence-corrected chi connectivity index (χ1v) is 3.85. The Kier molecular flexibility index (Phi) is 2.65. The van der Waals surface area contributed by atoms with E-state index in [-0.39, 0.29) is 6.04 Å². The molecule has 0 N–H and O–H groups in total. The number of aromatic nitrogens is 2. The molecule has 0 aliphatic heterocycles. The van der Waals surface area contributed by atoms with Crippen LogP contribution in [0.2, 0.25) is 0 Å². The molecule has 1 aromatic heterocycles. The number of hydrogen-bond donors (Lipinski definition) is 0. The van der Waals surface area contributed by atoms with Gasteiger partial charge >= 0.3 is 0 Å². The zero-order chi connectivity index (χ0) is 8.97. The van der Waals surface area contributed by atoms with E-state index in [0.29, 0.717) is 5.56 Å². The van der Waals surface area contributed by atoms with Gasteiger partial charge in [-0.15, -0.1) is 0 Å². The number of nitrogens with zero attached hydrogens (tertiary/aromatic N) is 3. The van der Waals surface area contributed by atoms with Crippen molar-refractivity contribution in [3.05, 3.63) is 30.1 Å². The molecule has 0 spiro atoms. The van der Waals surface area contributed by atoms with Gasteiger partial charge in [-0.1, -0.05) is 12.2 Å². The fourth-order valence-electron chi connectivity index (χ4n) is 0.985. The highest BCUT2D eigenvalue weighted by molar-refractivity contribution is 5.22. The standard InChI is InChI=1S/C9H11N3/c1-3-4-8(2)12-7-9(5-10)6-11-12/h3-4,6-8H,1-2H3. The minimum atomic E-state index is 0.220. The van der Waals surface area contributed by atoms with Gasteiger partial charge in [0.2, 0.25) is 0 Å². The molecule has 0 amide bonds. The molecule has 3 heteroatoms. The second-order valence-corrected chi connectivity index (χ2v) is 2.59. The van der Waals surface area contributed by atoms with E-state index in [1.165, 1.54) is 0 Å². The van der Waals surface area contributed by atoms with Crippen molar-refractivity contribution >= 4 is 0 Å². The lowest BCUT2D eigenvalue weighted by molar-refractivity contribution is 0.580. The molecule has 0 fully saturated rings. The fourth-order valence-corrected chi connectivity index (χ4v) is 0.985. The number of allylic oxidation sites excluding steroid dienone is 2. The van der Waals surface area contributed by atoms with Crippen LogP contribution >= 0.6 is 0 Å². The minimum absolute atomic E-state index is 0.220. The van der Waals surface area contributed by atoms with Crippen molar-refractivity contribution in [3.63, 3.8) is 0 Å². The largest absolute Gasteiger partial charge is 0.265 e. The predicted molar refractivity (Wildman–Crippen MR) is 46.5 cm³/mol. The van der Waals surface area contributed by atoms with Crippen LogP contribution in [-0.2, 0) is 0 Å². The van der Waals surface area contributed by atoms with Gasteiger partial charge in [0, 0.05) is 6.20 Å². The summed E-state index contributed by atoms with van der Waals surface area (Å²) in [6, 6.07) is 2.26. The molecule has 1 heterocycles. The zero-order valence-corrected chi connectivity index (χ0v) is 7.23. The van der Waals surface area contributed by atoms with Crippen molar-refractivity contribution in [1.29, 1.82) is 5.26 Å². The SMILES string of the molecule is CC=CC(C)n1cc(C#N)cn1. The molecule has 0 saturated carbocycles. The molecule has 12 heavy (non-hydrogen) atoms. The summed E-state index contributed by atoms with van der Waals surface area (Å²) in [5.74, 6) is 0. The molecule has 0 radical (unpaired) electrons. The molecule has 1 rings (SSSR count). The maximum atomic E-state index is 8.54. The van der Waals surface area contributed by atoms with E-state index >= 15 is 0 Å². The molecule has 1 aromatic rings. The average Bonchev–Trinajstić information content (AvgIpc) is 2.52. The van der Waals surface area contributed by atoms with E-state index in [1.54, 1.807) is 17.1 Å². The highest BCUT2D eigenvalue weighted by atomic mass is 15.3. The lowest BCUT2D eigenvalue weighted by atomic mass is 10.3. The summed E-state index contributed by atoms with van der Waals surface area (Å²) in [4.78, 5) is 0. The molecular formula is C9H11N3. The van der Waals surface area contributed by atoms with Crippen LogP contribution in [0.4, 0.5) is 0 Å². The van der Waals surface area contributed by atoms with E-state index < -0.39 is 0 Å². The van der Waals surface area contributed by atoms with E-state index in [1.807, 2.05) is 32.1 Å². The summed E-state index contributed by atoms with van der Waals surface area (Å²) in [6.07, 6.45) is 7.30. The van der Waals surface area contributed by atoms with Crippen molar-refractivity contribution < 1.29 is 0 Å². The van der Waals surface area contributed by atoms with Crippen LogP contribution in [0, 0.1) is 11.3 Å². The number of hydrogen-bond acceptors (Lipinski definition) is 2. The summed E-state index contributed by atoms with van der Waals surface area (Å²) in [6.45, 7) is 3.99. The number of nitriles is 1. The smallest absolute Gasteiger partial charge is 0.102 e. The quantitative estimate of drug-likeness (QED) is 0.621. The third-order valence-electron chi connectivity index (χ3n) is 1.62. The van der Waals surface area contributed by atoms with Crippen molar-refractivity contribution in [2.24, 2.45) is 0 Å². The normalized spacial score (nSPS) is 13.1. The van der Waals surface area contributed by atoms with Crippen LogP contribution in [0.15, 0.2) is 24.5 Å². The Balaban J connectivity index is 2.83. The summed E-state index contributed by atoms with van der Waals surface area (Å²) in [5.41, 5.74) is 0.603. The van der Waals surface area contributed by atoms with Crippen LogP contribution in [-0.4, -0.2) is 9.78 Å². The van der Waals surface area contributed by atoms with Gasteiger partial charge < -0.3 is 0 Å². The Bertz CT molecular complexity index is 317. The molecule has 62 valence electrons. The van der Waals surface area contributed by atoms with Gasteiger partial charge in [-0.3, -0.25) is 4.68 Å². The molecule has 0 aliphatic carbocycles. The first-order chi connectivity index (χ1) is 5.77. The first kappa shape index (κ1) is 8.54. The summed E-state index contributed by atoms with van der Waals surface area (Å²) in [7, 11) is 0. The molecule has 1 unspecified atom stereocenters. The topological polar surface area (TPSA) is 41.6 Å². The van der Waals surface area contributed by atoms with Crippen LogP contribution in [0.25, 0.3) is 0 Å². The summed E-state index contributed by atoms with van der Waals surface area (Å²) < 4.78 is 1.76. The Morgan fingerprint density at radius 1 is 1.75 bits per heavy atom. The van der Waals surface area contributed by atoms with E-state index in [2.05, 4.69) is 5.10 Å². The summed E-state index contributed by atoms with van der Waals surface area (Å²) in [5, 5.41) is 12.6. The van der Waals surface area contributed by atoms with E-state index in [9.17, 15) is 0 Å². The maximum absolute atomic E-state index is 8.54. The van der Waals surface area contributed by atoms with E-state index in [0.717, 1.165) is 0 Å². The fraction of sp³-hybridized carbons (Fsp3) is 0.333. The van der Waals surface area contributed by atoms with Crippen molar-refractivity contribution in [2.75, 3.05) is 0 Å². The van der Waals surface area contributed by atoms with Crippen LogP contribution in [0.3, 0.4) is 0 Å². The predicted octanol–water partition coefficient (Wildman–Crippen LogP) is 1.89. The molecule has 0 aliphatic rings. The number of rotatable bonds is 2. The van der Waals surface area contributed by atoms with Crippen LogP contribution in [0.1, 0.15) is 25.5 Å². The van der Waals surface area contributed by atoms with Gasteiger partial charge in [-0.25, -0.2) is 0 Å². The highest BCUT2D eigenvalue weighted by Crippen LogP contribution is 2.06. The molecule has 0 saturated heterocycles. The van der Waals surface area contributed by atoms with Crippen molar-refractivity contribution in [2.45, 2.75) is 19.9 Å². The first-order valence-electron chi connectivity index (χ1n) is 3.85. The monoisotopic (exact) mass is 161 g/mol. The molecule has 0 aromatic carbocycles. The third kappa shape index (κ3) is 1.73.